The van der Waals surface area contributed by atoms with E-state index < -0.39 is 5.60 Å². The predicted molar refractivity (Wildman–Crippen MR) is 132 cm³/mol. The molecule has 0 amide bonds. The average Bonchev–Trinajstić information content (AvgIpc) is 3.62. The van der Waals surface area contributed by atoms with Gasteiger partial charge in [0.1, 0.15) is 19.2 Å². The molecule has 5 heteroatoms. The Bertz CT molecular complexity index is 1100. The standard InChI is InChI=1S/C30H36N2O3/c33-30(26-13-7-8-14-26,25-11-5-2-6-12-25)29-31-19-27(35-29)20-32-17-15-24(16-18-32)28(21-32)34-22-23-9-3-1-4-10-23/h1-6,9-12,19,24,26,28H,7-8,13-18,20-22H2/t24?,28?,30-,32?/m0/s1. The van der Waals surface area contributed by atoms with Crippen molar-refractivity contribution < 1.29 is 18.7 Å². The molecule has 4 heterocycles. The number of rotatable bonds is 8. The molecule has 1 unspecified atom stereocenters. The van der Waals surface area contributed by atoms with Crippen LogP contribution in [0.2, 0.25) is 0 Å². The van der Waals surface area contributed by atoms with Crippen LogP contribution in [0.4, 0.5) is 0 Å². The highest BCUT2D eigenvalue weighted by molar-refractivity contribution is 5.29. The number of oxazole rings is 1. The first-order chi connectivity index (χ1) is 17.1. The van der Waals surface area contributed by atoms with Gasteiger partial charge in [0.2, 0.25) is 0 Å². The van der Waals surface area contributed by atoms with Crippen LogP contribution in [0, 0.1) is 11.8 Å². The normalized spacial score (nSPS) is 28.3. The number of fused-ring (bicyclic) bond motifs is 3. The molecule has 3 saturated heterocycles. The van der Waals surface area contributed by atoms with Gasteiger partial charge in [-0.1, -0.05) is 86.3 Å². The van der Waals surface area contributed by atoms with Crippen molar-refractivity contribution in [2.75, 3.05) is 19.6 Å². The van der Waals surface area contributed by atoms with E-state index in [1.54, 1.807) is 0 Å². The van der Waals surface area contributed by atoms with Crippen LogP contribution in [0.5, 0.6) is 0 Å². The van der Waals surface area contributed by atoms with Crippen molar-refractivity contribution in [3.05, 3.63) is 89.6 Å². The predicted octanol–water partition coefficient (Wildman–Crippen LogP) is 4.79. The summed E-state index contributed by atoms with van der Waals surface area (Å²) >= 11 is 0. The number of nitrogens with zero attached hydrogens (tertiary/aromatic N) is 2. The summed E-state index contributed by atoms with van der Waals surface area (Å²) in [5.74, 6) is 1.88. The van der Waals surface area contributed by atoms with Crippen LogP contribution in [-0.4, -0.2) is 35.2 Å². The lowest BCUT2D eigenvalue weighted by Crippen LogP contribution is -2.63. The summed E-state index contributed by atoms with van der Waals surface area (Å²) in [6.07, 6.45) is 8.60. The molecular formula is C30H36N2O3. The van der Waals surface area contributed by atoms with Crippen molar-refractivity contribution in [1.82, 2.24) is 4.98 Å². The van der Waals surface area contributed by atoms with E-state index in [9.17, 15) is 5.11 Å². The lowest BCUT2D eigenvalue weighted by Gasteiger charge is -2.52. The van der Waals surface area contributed by atoms with Gasteiger partial charge >= 0.3 is 0 Å². The van der Waals surface area contributed by atoms with Crippen molar-refractivity contribution in [3.63, 3.8) is 0 Å². The second-order valence-electron chi connectivity index (χ2n) is 11.0. The maximum atomic E-state index is 14.5. The van der Waals surface area contributed by atoms with Crippen LogP contribution in [-0.2, 0) is 23.5 Å². The molecule has 2 bridgehead atoms. The van der Waals surface area contributed by atoms with E-state index in [0.717, 1.165) is 67.7 Å². The molecule has 4 fully saturated rings. The molecule has 0 N–H and O–H groups in total. The number of hydrogen-bond acceptors (Lipinski definition) is 4. The van der Waals surface area contributed by atoms with Gasteiger partial charge in [-0.2, -0.15) is 0 Å². The van der Waals surface area contributed by atoms with E-state index in [2.05, 4.69) is 29.2 Å². The van der Waals surface area contributed by atoms with Gasteiger partial charge < -0.3 is 18.7 Å². The van der Waals surface area contributed by atoms with Gasteiger partial charge in [-0.05, 0) is 22.6 Å². The van der Waals surface area contributed by atoms with Crippen molar-refractivity contribution in [3.8, 4) is 0 Å². The van der Waals surface area contributed by atoms with Crippen molar-refractivity contribution in [1.29, 1.82) is 0 Å². The van der Waals surface area contributed by atoms with E-state index in [0.29, 0.717) is 18.4 Å². The zero-order chi connectivity index (χ0) is 23.7. The molecule has 1 aromatic heterocycles. The molecule has 5 nitrogen and oxygen atoms in total. The van der Waals surface area contributed by atoms with E-state index in [1.807, 2.05) is 42.6 Å². The smallest absolute Gasteiger partial charge is 0.188 e. The molecule has 3 aliphatic heterocycles. The monoisotopic (exact) mass is 472 g/mol. The molecule has 184 valence electrons. The van der Waals surface area contributed by atoms with Crippen LogP contribution < -0.4 is 5.11 Å². The fourth-order valence-corrected chi connectivity index (χ4v) is 6.84. The lowest BCUT2D eigenvalue weighted by atomic mass is 9.80. The first-order valence-electron chi connectivity index (χ1n) is 13.4. The maximum absolute atomic E-state index is 14.5. The molecule has 7 rings (SSSR count). The van der Waals surface area contributed by atoms with Crippen LogP contribution in [0.15, 0.2) is 71.3 Å². The molecule has 3 aromatic rings. The fourth-order valence-electron chi connectivity index (χ4n) is 6.84. The van der Waals surface area contributed by atoms with Gasteiger partial charge in [0.05, 0.1) is 25.9 Å². The molecule has 2 aromatic carbocycles. The summed E-state index contributed by atoms with van der Waals surface area (Å²) in [6.45, 7) is 4.77. The second kappa shape index (κ2) is 9.53. The highest BCUT2D eigenvalue weighted by Gasteiger charge is 2.47. The molecule has 35 heavy (non-hydrogen) atoms. The number of hydrogen-bond donors (Lipinski definition) is 0. The molecule has 0 spiro atoms. The number of benzene rings is 2. The van der Waals surface area contributed by atoms with Gasteiger partial charge in [-0.15, -0.1) is 0 Å². The van der Waals surface area contributed by atoms with Gasteiger partial charge in [-0.25, -0.2) is 4.98 Å². The molecule has 2 atom stereocenters. The Kier molecular flexibility index (Phi) is 6.25. The first kappa shape index (κ1) is 23.0. The summed E-state index contributed by atoms with van der Waals surface area (Å²) in [4.78, 5) is 4.63. The van der Waals surface area contributed by atoms with E-state index in [1.165, 1.54) is 18.4 Å². The van der Waals surface area contributed by atoms with Gasteiger partial charge in [0.15, 0.2) is 11.7 Å². The summed E-state index contributed by atoms with van der Waals surface area (Å²) in [5, 5.41) is 14.5. The highest BCUT2D eigenvalue weighted by Crippen LogP contribution is 2.43. The first-order valence-corrected chi connectivity index (χ1v) is 13.4. The average molecular weight is 473 g/mol. The van der Waals surface area contributed by atoms with Gasteiger partial charge in [0.25, 0.3) is 0 Å². The minimum atomic E-state index is -1.41. The fraction of sp³-hybridized carbons (Fsp3) is 0.500. The maximum Gasteiger partial charge on any atom is 0.188 e. The SMILES string of the molecule is [O-][C@](c1ccccc1)(c1ncc(C[N+]23CCC(CC2)C(OCc2ccccc2)C3)o1)C1CCCC1. The quantitative estimate of drug-likeness (QED) is 0.442. The molecule has 4 aliphatic rings. The molecule has 1 saturated carbocycles. The Morgan fingerprint density at radius 1 is 0.943 bits per heavy atom. The van der Waals surface area contributed by atoms with Crippen LogP contribution in [0.3, 0.4) is 0 Å². The van der Waals surface area contributed by atoms with Crippen LogP contribution in [0.1, 0.15) is 61.3 Å². The Labute approximate surface area is 208 Å². The van der Waals surface area contributed by atoms with E-state index in [4.69, 9.17) is 9.15 Å². The topological polar surface area (TPSA) is 58.3 Å². The zero-order valence-electron chi connectivity index (χ0n) is 20.5. The van der Waals surface area contributed by atoms with Crippen LogP contribution in [0.25, 0.3) is 0 Å². The summed E-state index contributed by atoms with van der Waals surface area (Å²) < 4.78 is 13.8. The van der Waals surface area contributed by atoms with Gasteiger partial charge in [0, 0.05) is 18.8 Å². The Morgan fingerprint density at radius 2 is 1.63 bits per heavy atom. The Hall–Kier alpha value is -2.47. The molecule has 1 aliphatic carbocycles. The third kappa shape index (κ3) is 4.46. The lowest BCUT2D eigenvalue weighted by molar-refractivity contribution is -0.959. The van der Waals surface area contributed by atoms with Gasteiger partial charge in [-0.3, -0.25) is 0 Å². The Balaban J connectivity index is 1.20. The van der Waals surface area contributed by atoms with Crippen molar-refractivity contribution in [2.24, 2.45) is 11.8 Å². The third-order valence-corrected chi connectivity index (χ3v) is 8.84. The Morgan fingerprint density at radius 3 is 2.34 bits per heavy atom. The zero-order valence-corrected chi connectivity index (χ0v) is 20.5. The highest BCUT2D eigenvalue weighted by atomic mass is 16.5. The largest absolute Gasteiger partial charge is 0.839 e. The molecule has 0 radical (unpaired) electrons. The molecular weight excluding hydrogens is 436 g/mol. The summed E-state index contributed by atoms with van der Waals surface area (Å²) in [6, 6.07) is 20.2. The number of ether oxygens (including phenoxy) is 1. The van der Waals surface area contributed by atoms with E-state index >= 15 is 0 Å². The van der Waals surface area contributed by atoms with E-state index in [-0.39, 0.29) is 12.0 Å². The van der Waals surface area contributed by atoms with Crippen LogP contribution >= 0.6 is 0 Å². The number of piperidine rings is 3. The van der Waals surface area contributed by atoms with Crippen molar-refractivity contribution in [2.45, 2.75) is 63.4 Å². The minimum Gasteiger partial charge on any atom is -0.839 e. The number of aromatic nitrogens is 1. The third-order valence-electron chi connectivity index (χ3n) is 8.84. The minimum absolute atomic E-state index is 0.0324. The summed E-state index contributed by atoms with van der Waals surface area (Å²) in [5.41, 5.74) is 0.599. The number of quaternary nitrogens is 1. The van der Waals surface area contributed by atoms with Crippen molar-refractivity contribution >= 4 is 0 Å². The second-order valence-corrected chi connectivity index (χ2v) is 11.0. The summed E-state index contributed by atoms with van der Waals surface area (Å²) in [7, 11) is 0.